The molecule has 3 rings (SSSR count). The molecule has 33 heavy (non-hydrogen) atoms. The lowest BCUT2D eigenvalue weighted by Crippen LogP contribution is -2.46. The summed E-state index contributed by atoms with van der Waals surface area (Å²) in [4.78, 5) is 26.1. The first-order valence-corrected chi connectivity index (χ1v) is 11.1. The van der Waals surface area contributed by atoms with Crippen LogP contribution in [0.3, 0.4) is 0 Å². The van der Waals surface area contributed by atoms with Crippen LogP contribution in [0.15, 0.2) is 36.4 Å². The lowest BCUT2D eigenvalue weighted by molar-refractivity contribution is -0.140. The van der Waals surface area contributed by atoms with Crippen molar-refractivity contribution in [2.24, 2.45) is 0 Å². The molecule has 1 N–H and O–H groups in total. The van der Waals surface area contributed by atoms with E-state index in [0.29, 0.717) is 37.4 Å². The molecule has 0 radical (unpaired) electrons. The molecular formula is C25H31FN2O5. The molecule has 1 aliphatic heterocycles. The van der Waals surface area contributed by atoms with Crippen molar-refractivity contribution >= 4 is 12.0 Å². The van der Waals surface area contributed by atoms with E-state index in [9.17, 15) is 14.0 Å². The third kappa shape index (κ3) is 5.94. The van der Waals surface area contributed by atoms with Crippen LogP contribution in [0.1, 0.15) is 48.4 Å². The molecule has 0 aromatic heterocycles. The maximum absolute atomic E-state index is 13.6. The molecule has 1 heterocycles. The fourth-order valence-corrected chi connectivity index (χ4v) is 4.14. The van der Waals surface area contributed by atoms with Crippen LogP contribution in [0.5, 0.6) is 11.5 Å². The predicted octanol–water partition coefficient (Wildman–Crippen LogP) is 4.23. The SMILES string of the molecule is COC(=O)CCCCCNC(=O)N1CCc2cc(OC)c(OC)cc2[C@@H]1c1ccc(F)cc1. The molecule has 2 aromatic rings. The van der Waals surface area contributed by atoms with Gasteiger partial charge in [0.2, 0.25) is 0 Å². The van der Waals surface area contributed by atoms with Gasteiger partial charge in [-0.3, -0.25) is 4.79 Å². The van der Waals surface area contributed by atoms with E-state index in [1.54, 1.807) is 31.3 Å². The van der Waals surface area contributed by atoms with Crippen LogP contribution in [0.4, 0.5) is 9.18 Å². The van der Waals surface area contributed by atoms with Crippen LogP contribution in [0.25, 0.3) is 0 Å². The maximum atomic E-state index is 13.6. The standard InChI is InChI=1S/C25H31FN2O5/c1-31-21-15-18-12-14-28(25(30)27-13-6-4-5-7-23(29)33-3)24(20(18)16-22(21)32-2)17-8-10-19(26)11-9-17/h8-11,15-16,24H,4-7,12-14H2,1-3H3,(H,27,30)/t24-/m0/s1. The summed E-state index contributed by atoms with van der Waals surface area (Å²) in [5, 5.41) is 2.99. The van der Waals surface area contributed by atoms with E-state index in [1.807, 2.05) is 12.1 Å². The lowest BCUT2D eigenvalue weighted by Gasteiger charge is -2.38. The molecule has 8 heteroatoms. The van der Waals surface area contributed by atoms with E-state index in [2.05, 4.69) is 10.1 Å². The molecule has 7 nitrogen and oxygen atoms in total. The molecule has 0 bridgehead atoms. The van der Waals surface area contributed by atoms with E-state index < -0.39 is 0 Å². The van der Waals surface area contributed by atoms with E-state index >= 15 is 0 Å². The highest BCUT2D eigenvalue weighted by molar-refractivity contribution is 5.76. The quantitative estimate of drug-likeness (QED) is 0.449. The Hall–Kier alpha value is -3.29. The van der Waals surface area contributed by atoms with Crippen LogP contribution in [-0.2, 0) is 16.0 Å². The summed E-state index contributed by atoms with van der Waals surface area (Å²) in [6.45, 7) is 1.02. The Kier molecular flexibility index (Phi) is 8.52. The first-order chi connectivity index (χ1) is 16.0. The number of methoxy groups -OCH3 is 3. The summed E-state index contributed by atoms with van der Waals surface area (Å²) in [5.41, 5.74) is 2.81. The number of esters is 1. The van der Waals surface area contributed by atoms with Crippen LogP contribution in [-0.4, -0.2) is 51.3 Å². The van der Waals surface area contributed by atoms with Gasteiger partial charge in [0.25, 0.3) is 0 Å². The van der Waals surface area contributed by atoms with E-state index in [4.69, 9.17) is 9.47 Å². The minimum absolute atomic E-state index is 0.183. The topological polar surface area (TPSA) is 77.1 Å². The van der Waals surface area contributed by atoms with Crippen LogP contribution >= 0.6 is 0 Å². The average molecular weight is 459 g/mol. The van der Waals surface area contributed by atoms with Gasteiger partial charge in [0, 0.05) is 19.5 Å². The molecule has 178 valence electrons. The van der Waals surface area contributed by atoms with Crippen molar-refractivity contribution in [2.75, 3.05) is 34.4 Å². The molecule has 0 spiro atoms. The van der Waals surface area contributed by atoms with Crippen LogP contribution in [0, 0.1) is 5.82 Å². The molecule has 0 saturated heterocycles. The zero-order valence-corrected chi connectivity index (χ0v) is 19.4. The Balaban J connectivity index is 1.77. The van der Waals surface area contributed by atoms with Gasteiger partial charge >= 0.3 is 12.0 Å². The highest BCUT2D eigenvalue weighted by Gasteiger charge is 2.33. The number of carbonyl (C=O) groups is 2. The highest BCUT2D eigenvalue weighted by atomic mass is 19.1. The van der Waals surface area contributed by atoms with Crippen molar-refractivity contribution in [3.63, 3.8) is 0 Å². The fourth-order valence-electron chi connectivity index (χ4n) is 4.14. The lowest BCUT2D eigenvalue weighted by atomic mass is 9.88. The minimum atomic E-state index is -0.381. The number of hydrogen-bond acceptors (Lipinski definition) is 5. The number of benzene rings is 2. The summed E-state index contributed by atoms with van der Waals surface area (Å²) >= 11 is 0. The van der Waals surface area contributed by atoms with Crippen molar-refractivity contribution in [3.8, 4) is 11.5 Å². The van der Waals surface area contributed by atoms with Crippen molar-refractivity contribution in [3.05, 3.63) is 58.9 Å². The Morgan fingerprint density at radius 1 is 1.03 bits per heavy atom. The number of ether oxygens (including phenoxy) is 3. The molecule has 1 atom stereocenters. The molecule has 2 amide bonds. The van der Waals surface area contributed by atoms with Gasteiger partial charge in [-0.25, -0.2) is 9.18 Å². The Bertz CT molecular complexity index is 964. The van der Waals surface area contributed by atoms with Crippen molar-refractivity contribution < 1.29 is 28.2 Å². The summed E-state index contributed by atoms with van der Waals surface area (Å²) < 4.78 is 29.2. The molecule has 1 aliphatic rings. The first-order valence-electron chi connectivity index (χ1n) is 11.1. The van der Waals surface area contributed by atoms with Gasteiger partial charge in [0.05, 0.1) is 27.4 Å². The van der Waals surface area contributed by atoms with Crippen molar-refractivity contribution in [1.82, 2.24) is 10.2 Å². The van der Waals surface area contributed by atoms with Gasteiger partial charge in [-0.1, -0.05) is 18.6 Å². The fraction of sp³-hybridized carbons (Fsp3) is 0.440. The van der Waals surface area contributed by atoms with Gasteiger partial charge in [-0.2, -0.15) is 0 Å². The third-order valence-electron chi connectivity index (χ3n) is 5.88. The zero-order valence-electron chi connectivity index (χ0n) is 19.4. The van der Waals surface area contributed by atoms with Gasteiger partial charge in [0.1, 0.15) is 5.82 Å². The number of unbranched alkanes of at least 4 members (excludes halogenated alkanes) is 2. The normalized spacial score (nSPS) is 14.9. The van der Waals surface area contributed by atoms with Crippen molar-refractivity contribution in [1.29, 1.82) is 0 Å². The molecule has 0 aliphatic carbocycles. The Morgan fingerprint density at radius 2 is 1.73 bits per heavy atom. The number of amides is 2. The monoisotopic (exact) mass is 458 g/mol. The van der Waals surface area contributed by atoms with Crippen LogP contribution < -0.4 is 14.8 Å². The van der Waals surface area contributed by atoms with Gasteiger partial charge in [-0.15, -0.1) is 0 Å². The second kappa shape index (κ2) is 11.5. The molecule has 0 fully saturated rings. The number of hydrogen-bond donors (Lipinski definition) is 1. The van der Waals surface area contributed by atoms with Gasteiger partial charge in [0.15, 0.2) is 11.5 Å². The summed E-state index contributed by atoms with van der Waals surface area (Å²) in [7, 11) is 4.54. The largest absolute Gasteiger partial charge is 0.493 e. The highest BCUT2D eigenvalue weighted by Crippen LogP contribution is 2.41. The second-order valence-electron chi connectivity index (χ2n) is 7.92. The average Bonchev–Trinajstić information content (AvgIpc) is 2.84. The van der Waals surface area contributed by atoms with Crippen molar-refractivity contribution in [2.45, 2.75) is 38.1 Å². The van der Waals surface area contributed by atoms with E-state index in [0.717, 1.165) is 36.0 Å². The number of rotatable bonds is 9. The summed E-state index contributed by atoms with van der Waals surface area (Å²) in [6, 6.07) is 9.50. The number of nitrogens with zero attached hydrogens (tertiary/aromatic N) is 1. The Morgan fingerprint density at radius 3 is 2.39 bits per heavy atom. The molecule has 2 aromatic carbocycles. The number of nitrogens with one attached hydrogen (secondary N) is 1. The molecular weight excluding hydrogens is 427 g/mol. The number of urea groups is 1. The third-order valence-corrected chi connectivity index (χ3v) is 5.88. The summed E-state index contributed by atoms with van der Waals surface area (Å²) in [5.74, 6) is 0.667. The van der Waals surface area contributed by atoms with Gasteiger partial charge < -0.3 is 24.4 Å². The van der Waals surface area contributed by atoms with E-state index in [-0.39, 0.29) is 23.9 Å². The number of halogens is 1. The Labute approximate surface area is 193 Å². The van der Waals surface area contributed by atoms with Gasteiger partial charge in [-0.05, 0) is 60.2 Å². The second-order valence-corrected chi connectivity index (χ2v) is 7.92. The maximum Gasteiger partial charge on any atom is 0.318 e. The predicted molar refractivity (Wildman–Crippen MR) is 122 cm³/mol. The number of carbonyl (C=O) groups excluding carboxylic acids is 2. The molecule has 0 unspecified atom stereocenters. The minimum Gasteiger partial charge on any atom is -0.493 e. The smallest absolute Gasteiger partial charge is 0.318 e. The zero-order chi connectivity index (χ0) is 23.8. The van der Waals surface area contributed by atoms with E-state index in [1.165, 1.54) is 19.2 Å². The molecule has 0 saturated carbocycles. The van der Waals surface area contributed by atoms with Crippen LogP contribution in [0.2, 0.25) is 0 Å². The number of fused-ring (bicyclic) bond motifs is 1. The first kappa shape index (κ1) is 24.4. The summed E-state index contributed by atoms with van der Waals surface area (Å²) in [6.07, 6.45) is 3.35.